The quantitative estimate of drug-likeness (QED) is 0.467. The van der Waals surface area contributed by atoms with Crippen LogP contribution < -0.4 is 0 Å². The second-order valence-electron chi connectivity index (χ2n) is 5.36. The summed E-state index contributed by atoms with van der Waals surface area (Å²) in [4.78, 5) is 0. The van der Waals surface area contributed by atoms with E-state index in [9.17, 15) is 0 Å². The molecule has 2 fully saturated rings. The van der Waals surface area contributed by atoms with Crippen LogP contribution in [0.2, 0.25) is 0 Å². The van der Waals surface area contributed by atoms with Crippen LogP contribution in [0.3, 0.4) is 0 Å². The van der Waals surface area contributed by atoms with Crippen LogP contribution in [0.25, 0.3) is 0 Å². The monoisotopic (exact) mass is 212 g/mol. The molecule has 0 aromatic carbocycles. The molecule has 1 heteroatoms. The molecular weight excluding hydrogens is 187 g/mol. The maximum absolute atomic E-state index is 2.32. The van der Waals surface area contributed by atoms with E-state index in [4.69, 9.17) is 0 Å². The molecule has 2 saturated heterocycles. The van der Waals surface area contributed by atoms with Crippen LogP contribution in [-0.2, 0) is 0 Å². The molecule has 2 heterocycles. The molecule has 2 bridgehead atoms. The van der Waals surface area contributed by atoms with Crippen molar-refractivity contribution in [2.45, 2.75) is 81.9 Å². The van der Waals surface area contributed by atoms with E-state index in [1.165, 1.54) is 27.8 Å². The van der Waals surface area contributed by atoms with Gasteiger partial charge >= 0.3 is 0 Å². The van der Waals surface area contributed by atoms with E-state index in [0.29, 0.717) is 0 Å². The van der Waals surface area contributed by atoms with Crippen molar-refractivity contribution in [1.29, 1.82) is 0 Å². The Balaban J connectivity index is 1.85. The zero-order chi connectivity index (χ0) is 9.86. The standard InChI is InChI=1S/C13H25P/c1-2-3-4-9-13-10-5-7-12(14-13)8-6-11-13/h12,14H,2-11H2,1H3. The second-order valence-corrected chi connectivity index (χ2v) is 7.53. The van der Waals surface area contributed by atoms with Crippen molar-refractivity contribution < 1.29 is 0 Å². The summed E-state index contributed by atoms with van der Waals surface area (Å²) < 4.78 is 0. The molecular formula is C13H25P. The Kier molecular flexibility index (Phi) is 3.88. The summed E-state index contributed by atoms with van der Waals surface area (Å²) >= 11 is 0. The minimum atomic E-state index is 0.857. The molecule has 82 valence electrons. The lowest BCUT2D eigenvalue weighted by atomic mass is 9.85. The first-order chi connectivity index (χ1) is 6.85. The van der Waals surface area contributed by atoms with Gasteiger partial charge in [-0.3, -0.25) is 0 Å². The van der Waals surface area contributed by atoms with Crippen molar-refractivity contribution in [3.8, 4) is 0 Å². The fourth-order valence-corrected chi connectivity index (χ4v) is 5.93. The maximum atomic E-state index is 2.32. The predicted octanol–water partition coefficient (Wildman–Crippen LogP) is 4.72. The molecule has 2 aliphatic heterocycles. The van der Waals surface area contributed by atoms with Crippen LogP contribution in [0.15, 0.2) is 0 Å². The highest BCUT2D eigenvalue weighted by Gasteiger charge is 2.38. The van der Waals surface area contributed by atoms with E-state index in [0.717, 1.165) is 10.8 Å². The predicted molar refractivity (Wildman–Crippen MR) is 66.7 cm³/mol. The van der Waals surface area contributed by atoms with Gasteiger partial charge in [0.1, 0.15) is 0 Å². The first kappa shape index (κ1) is 10.9. The van der Waals surface area contributed by atoms with Crippen LogP contribution in [0.1, 0.15) is 71.1 Å². The zero-order valence-corrected chi connectivity index (χ0v) is 10.6. The molecule has 0 aromatic heterocycles. The summed E-state index contributed by atoms with van der Waals surface area (Å²) in [7, 11) is 1.33. The Bertz CT molecular complexity index is 166. The molecule has 0 nitrogen and oxygen atoms in total. The fourth-order valence-electron chi connectivity index (χ4n) is 3.40. The highest BCUT2D eigenvalue weighted by Crippen LogP contribution is 2.56. The molecule has 0 N–H and O–H groups in total. The van der Waals surface area contributed by atoms with Gasteiger partial charge < -0.3 is 0 Å². The lowest BCUT2D eigenvalue weighted by molar-refractivity contribution is 0.353. The minimum absolute atomic E-state index is 0.857. The normalized spacial score (nSPS) is 38.8. The summed E-state index contributed by atoms with van der Waals surface area (Å²) in [5.74, 6) is 0. The Morgan fingerprint density at radius 1 is 1.14 bits per heavy atom. The number of unbranched alkanes of at least 4 members (excludes halogenated alkanes) is 2. The molecule has 0 amide bonds. The molecule has 1 unspecified atom stereocenters. The van der Waals surface area contributed by atoms with Crippen LogP contribution in [-0.4, -0.2) is 10.8 Å². The minimum Gasteiger partial charge on any atom is -0.112 e. The number of hydrogen-bond acceptors (Lipinski definition) is 0. The molecule has 14 heavy (non-hydrogen) atoms. The van der Waals surface area contributed by atoms with E-state index in [-0.39, 0.29) is 0 Å². The third-order valence-corrected chi connectivity index (χ3v) is 6.53. The average molecular weight is 212 g/mol. The molecule has 0 radical (unpaired) electrons. The van der Waals surface area contributed by atoms with Crippen molar-refractivity contribution in [1.82, 2.24) is 0 Å². The van der Waals surface area contributed by atoms with Gasteiger partial charge in [0.05, 0.1) is 0 Å². The van der Waals surface area contributed by atoms with Gasteiger partial charge in [-0.2, -0.15) is 0 Å². The lowest BCUT2D eigenvalue weighted by Gasteiger charge is -2.45. The Labute approximate surface area is 91.0 Å². The molecule has 2 aliphatic rings. The van der Waals surface area contributed by atoms with Crippen molar-refractivity contribution in [3.63, 3.8) is 0 Å². The first-order valence-corrected chi connectivity index (χ1v) is 7.70. The van der Waals surface area contributed by atoms with Gasteiger partial charge in [-0.15, -0.1) is 8.58 Å². The smallest absolute Gasteiger partial charge is 0.0119 e. The summed E-state index contributed by atoms with van der Waals surface area (Å²) in [5.41, 5.74) is 1.15. The SMILES string of the molecule is CCCCCC12CCCC(CCC1)P2. The molecule has 2 rings (SSSR count). The Hall–Kier alpha value is 0.430. The number of fused-ring (bicyclic) bond motifs is 2. The summed E-state index contributed by atoms with van der Waals surface area (Å²) in [5, 5.41) is 0.857. The third-order valence-electron chi connectivity index (χ3n) is 4.19. The van der Waals surface area contributed by atoms with Crippen LogP contribution in [0.5, 0.6) is 0 Å². The van der Waals surface area contributed by atoms with Crippen molar-refractivity contribution in [3.05, 3.63) is 0 Å². The fraction of sp³-hybridized carbons (Fsp3) is 1.00. The summed E-state index contributed by atoms with van der Waals surface area (Å²) in [6.07, 6.45) is 15.3. The second kappa shape index (κ2) is 4.97. The molecule has 0 saturated carbocycles. The third kappa shape index (κ3) is 2.51. The highest BCUT2D eigenvalue weighted by molar-refractivity contribution is 7.41. The van der Waals surface area contributed by atoms with E-state index in [1.807, 2.05) is 0 Å². The van der Waals surface area contributed by atoms with E-state index >= 15 is 0 Å². The van der Waals surface area contributed by atoms with Crippen molar-refractivity contribution >= 4 is 8.58 Å². The zero-order valence-electron chi connectivity index (χ0n) is 9.65. The van der Waals surface area contributed by atoms with Gasteiger partial charge in [-0.25, -0.2) is 0 Å². The number of hydrogen-bond donors (Lipinski definition) is 0. The Morgan fingerprint density at radius 3 is 2.50 bits per heavy atom. The van der Waals surface area contributed by atoms with Crippen molar-refractivity contribution in [2.24, 2.45) is 0 Å². The molecule has 0 aromatic rings. The Morgan fingerprint density at radius 2 is 1.86 bits per heavy atom. The van der Waals surface area contributed by atoms with Gasteiger partial charge in [0.25, 0.3) is 0 Å². The van der Waals surface area contributed by atoms with Gasteiger partial charge in [-0.05, 0) is 42.9 Å². The van der Waals surface area contributed by atoms with Gasteiger partial charge in [0.15, 0.2) is 0 Å². The first-order valence-electron chi connectivity index (χ1n) is 6.62. The van der Waals surface area contributed by atoms with Gasteiger partial charge in [0, 0.05) is 0 Å². The van der Waals surface area contributed by atoms with Crippen LogP contribution >= 0.6 is 8.58 Å². The molecule has 1 atom stereocenters. The van der Waals surface area contributed by atoms with Crippen LogP contribution in [0.4, 0.5) is 0 Å². The van der Waals surface area contributed by atoms with E-state index in [2.05, 4.69) is 6.92 Å². The molecule has 0 aliphatic carbocycles. The van der Waals surface area contributed by atoms with Gasteiger partial charge in [-0.1, -0.05) is 39.0 Å². The lowest BCUT2D eigenvalue weighted by Crippen LogP contribution is -2.34. The van der Waals surface area contributed by atoms with Gasteiger partial charge in [0.2, 0.25) is 0 Å². The van der Waals surface area contributed by atoms with E-state index in [1.54, 1.807) is 44.9 Å². The largest absolute Gasteiger partial charge is 0.112 e. The topological polar surface area (TPSA) is 0 Å². The summed E-state index contributed by atoms with van der Waals surface area (Å²) in [6.45, 7) is 2.32. The molecule has 0 spiro atoms. The highest BCUT2D eigenvalue weighted by atomic mass is 31.1. The van der Waals surface area contributed by atoms with Crippen molar-refractivity contribution in [2.75, 3.05) is 0 Å². The van der Waals surface area contributed by atoms with E-state index < -0.39 is 0 Å². The summed E-state index contributed by atoms with van der Waals surface area (Å²) in [6, 6.07) is 0. The average Bonchev–Trinajstić information content (AvgIpc) is 2.18. The maximum Gasteiger partial charge on any atom is -0.0119 e. The van der Waals surface area contributed by atoms with Crippen LogP contribution in [0, 0.1) is 0 Å². The number of rotatable bonds is 4.